The van der Waals surface area contributed by atoms with Crippen molar-refractivity contribution in [3.63, 3.8) is 0 Å². The Morgan fingerprint density at radius 2 is 1.89 bits per heavy atom. The summed E-state index contributed by atoms with van der Waals surface area (Å²) in [4.78, 5) is 23.7. The molecule has 0 aliphatic carbocycles. The molecule has 4 rings (SSSR count). The third-order valence-electron chi connectivity index (χ3n) is 5.80. The van der Waals surface area contributed by atoms with Gasteiger partial charge in [-0.15, -0.1) is 0 Å². The Bertz CT molecular complexity index is 830. The van der Waals surface area contributed by atoms with Gasteiger partial charge in [0.2, 0.25) is 0 Å². The fourth-order valence-corrected chi connectivity index (χ4v) is 4.01. The number of nitrogens with zero attached hydrogens (tertiary/aromatic N) is 4. The molecule has 0 saturated carbocycles. The van der Waals surface area contributed by atoms with Crippen molar-refractivity contribution in [1.29, 1.82) is 0 Å². The van der Waals surface area contributed by atoms with Gasteiger partial charge in [-0.05, 0) is 43.2 Å². The molecule has 1 aromatic carbocycles. The van der Waals surface area contributed by atoms with Gasteiger partial charge >= 0.3 is 6.03 Å². The number of fused-ring (bicyclic) bond motifs is 1. The maximum absolute atomic E-state index is 12.7. The number of amides is 2. The highest BCUT2D eigenvalue weighted by Gasteiger charge is 2.29. The Morgan fingerprint density at radius 1 is 1.14 bits per heavy atom. The van der Waals surface area contributed by atoms with Crippen LogP contribution in [0.2, 0.25) is 0 Å². The molecule has 0 N–H and O–H groups in total. The zero-order valence-corrected chi connectivity index (χ0v) is 16.6. The number of urea groups is 1. The van der Waals surface area contributed by atoms with Crippen molar-refractivity contribution in [2.45, 2.75) is 18.9 Å². The molecule has 0 bridgehead atoms. The fourth-order valence-electron chi connectivity index (χ4n) is 4.01. The van der Waals surface area contributed by atoms with Crippen molar-refractivity contribution in [1.82, 2.24) is 14.8 Å². The van der Waals surface area contributed by atoms with Crippen molar-refractivity contribution >= 4 is 22.8 Å². The minimum atomic E-state index is 0.125. The number of aromatic nitrogens is 1. The van der Waals surface area contributed by atoms with Gasteiger partial charge in [0.05, 0.1) is 25.8 Å². The van der Waals surface area contributed by atoms with E-state index in [0.29, 0.717) is 26.3 Å². The van der Waals surface area contributed by atoms with E-state index in [1.54, 1.807) is 7.11 Å². The van der Waals surface area contributed by atoms with Crippen molar-refractivity contribution in [2.75, 3.05) is 58.5 Å². The van der Waals surface area contributed by atoms with Crippen LogP contribution in [0.25, 0.3) is 10.9 Å². The van der Waals surface area contributed by atoms with Crippen molar-refractivity contribution in [2.24, 2.45) is 0 Å². The molecule has 0 unspecified atom stereocenters. The highest BCUT2D eigenvalue weighted by atomic mass is 16.5. The highest BCUT2D eigenvalue weighted by molar-refractivity contribution is 5.82. The van der Waals surface area contributed by atoms with E-state index < -0.39 is 0 Å². The van der Waals surface area contributed by atoms with E-state index in [1.807, 2.05) is 35.0 Å². The van der Waals surface area contributed by atoms with E-state index in [-0.39, 0.29) is 12.1 Å². The van der Waals surface area contributed by atoms with E-state index in [0.717, 1.165) is 48.4 Å². The number of benzene rings is 1. The number of ether oxygens (including phenoxy) is 2. The summed E-state index contributed by atoms with van der Waals surface area (Å²) in [5, 5.41) is 1.08. The molecule has 1 aromatic heterocycles. The number of carbonyl (C=O) groups is 1. The predicted molar refractivity (Wildman–Crippen MR) is 109 cm³/mol. The average Bonchev–Trinajstić information content (AvgIpc) is 2.78. The van der Waals surface area contributed by atoms with Crippen LogP contribution in [0.4, 0.5) is 10.6 Å². The number of morpholine rings is 1. The average molecular weight is 384 g/mol. The van der Waals surface area contributed by atoms with Gasteiger partial charge in [-0.2, -0.15) is 0 Å². The smallest absolute Gasteiger partial charge is 0.320 e. The Hall–Kier alpha value is -2.54. The first-order valence-electron chi connectivity index (χ1n) is 9.95. The van der Waals surface area contributed by atoms with Crippen LogP contribution in [-0.2, 0) is 4.74 Å². The first kappa shape index (κ1) is 18.8. The molecule has 2 amide bonds. The zero-order valence-electron chi connectivity index (χ0n) is 16.6. The van der Waals surface area contributed by atoms with Gasteiger partial charge in [0, 0.05) is 44.7 Å². The van der Waals surface area contributed by atoms with Crippen LogP contribution in [0, 0.1) is 0 Å². The lowest BCUT2D eigenvalue weighted by Crippen LogP contribution is -2.52. The lowest BCUT2D eigenvalue weighted by molar-refractivity contribution is 0.0409. The van der Waals surface area contributed by atoms with Gasteiger partial charge in [0.1, 0.15) is 11.6 Å². The zero-order chi connectivity index (χ0) is 19.5. The van der Waals surface area contributed by atoms with E-state index in [2.05, 4.69) is 17.0 Å². The first-order valence-corrected chi connectivity index (χ1v) is 9.95. The molecule has 0 atom stereocenters. The van der Waals surface area contributed by atoms with Crippen LogP contribution in [0.3, 0.4) is 0 Å². The molecule has 7 nitrogen and oxygen atoms in total. The van der Waals surface area contributed by atoms with Crippen molar-refractivity contribution in [3.05, 3.63) is 30.3 Å². The lowest BCUT2D eigenvalue weighted by atomic mass is 10.0. The molecule has 0 radical (unpaired) electrons. The van der Waals surface area contributed by atoms with Gasteiger partial charge in [-0.3, -0.25) is 0 Å². The van der Waals surface area contributed by atoms with Crippen molar-refractivity contribution < 1.29 is 14.3 Å². The van der Waals surface area contributed by atoms with E-state index in [9.17, 15) is 4.79 Å². The molecule has 2 aromatic rings. The summed E-state index contributed by atoms with van der Waals surface area (Å²) in [5.41, 5.74) is 0.972. The number of pyridine rings is 1. The Balaban J connectivity index is 1.38. The number of carbonyl (C=O) groups excluding carboxylic acids is 1. The summed E-state index contributed by atoms with van der Waals surface area (Å²) in [5.74, 6) is 1.84. The minimum absolute atomic E-state index is 0.125. The van der Waals surface area contributed by atoms with Gasteiger partial charge in [0.25, 0.3) is 0 Å². The highest BCUT2D eigenvalue weighted by Crippen LogP contribution is 2.25. The van der Waals surface area contributed by atoms with Crippen molar-refractivity contribution in [3.8, 4) is 5.75 Å². The molecule has 7 heteroatoms. The number of hydrogen-bond acceptors (Lipinski definition) is 5. The minimum Gasteiger partial charge on any atom is -0.497 e. The second kappa shape index (κ2) is 8.22. The number of anilines is 1. The Labute approximate surface area is 165 Å². The van der Waals surface area contributed by atoms with Crippen LogP contribution < -0.4 is 9.64 Å². The topological polar surface area (TPSA) is 58.1 Å². The normalized spacial score (nSPS) is 18.4. The maximum Gasteiger partial charge on any atom is 0.320 e. The molecule has 28 heavy (non-hydrogen) atoms. The SMILES string of the molecule is COc1ccc2nc(N3CCC(N(C)C(=O)N4CCOCC4)CC3)ccc2c1. The molecule has 3 heterocycles. The number of piperidine rings is 1. The van der Waals surface area contributed by atoms with Gasteiger partial charge in [-0.1, -0.05) is 0 Å². The standard InChI is InChI=1S/C21H28N4O3/c1-23(21(26)25-11-13-28-14-12-25)17-7-9-24(10-8-17)20-6-3-16-15-18(27-2)4-5-19(16)22-20/h3-6,15,17H,7-14H2,1-2H3. The monoisotopic (exact) mass is 384 g/mol. The molecular weight excluding hydrogens is 356 g/mol. The van der Waals surface area contributed by atoms with Crippen LogP contribution in [-0.4, -0.2) is 80.4 Å². The third kappa shape index (κ3) is 3.85. The van der Waals surface area contributed by atoms with Gasteiger partial charge < -0.3 is 24.2 Å². The number of methoxy groups -OCH3 is 1. The van der Waals surface area contributed by atoms with Crippen LogP contribution in [0.1, 0.15) is 12.8 Å². The van der Waals surface area contributed by atoms with E-state index in [1.165, 1.54) is 0 Å². The molecule has 150 valence electrons. The summed E-state index contributed by atoms with van der Waals surface area (Å²) in [7, 11) is 3.60. The summed E-state index contributed by atoms with van der Waals surface area (Å²) < 4.78 is 10.6. The second-order valence-electron chi connectivity index (χ2n) is 7.44. The molecule has 2 fully saturated rings. The van der Waals surface area contributed by atoms with Crippen LogP contribution in [0.15, 0.2) is 30.3 Å². The predicted octanol–water partition coefficient (Wildman–Crippen LogP) is 2.60. The van der Waals surface area contributed by atoms with E-state index in [4.69, 9.17) is 14.5 Å². The molecule has 0 spiro atoms. The van der Waals surface area contributed by atoms with Crippen LogP contribution >= 0.6 is 0 Å². The summed E-state index contributed by atoms with van der Waals surface area (Å²) in [6.07, 6.45) is 1.91. The van der Waals surface area contributed by atoms with Crippen LogP contribution in [0.5, 0.6) is 5.75 Å². The largest absolute Gasteiger partial charge is 0.497 e. The molecule has 2 aliphatic rings. The van der Waals surface area contributed by atoms with Gasteiger partial charge in [0.15, 0.2) is 0 Å². The number of hydrogen-bond donors (Lipinski definition) is 0. The summed E-state index contributed by atoms with van der Waals surface area (Å²) >= 11 is 0. The first-order chi connectivity index (χ1) is 13.7. The second-order valence-corrected chi connectivity index (χ2v) is 7.44. The summed E-state index contributed by atoms with van der Waals surface area (Å²) in [6.45, 7) is 4.46. The lowest BCUT2D eigenvalue weighted by Gasteiger charge is -2.39. The fraction of sp³-hybridized carbons (Fsp3) is 0.524. The Kier molecular flexibility index (Phi) is 5.52. The summed E-state index contributed by atoms with van der Waals surface area (Å²) in [6, 6.07) is 10.5. The quantitative estimate of drug-likeness (QED) is 0.814. The Morgan fingerprint density at radius 3 is 2.61 bits per heavy atom. The van der Waals surface area contributed by atoms with Gasteiger partial charge in [-0.25, -0.2) is 9.78 Å². The number of rotatable bonds is 3. The molecule has 2 saturated heterocycles. The molecule has 2 aliphatic heterocycles. The van der Waals surface area contributed by atoms with E-state index >= 15 is 0 Å². The molecular formula is C21H28N4O3. The maximum atomic E-state index is 12.7. The third-order valence-corrected chi connectivity index (χ3v) is 5.80.